The molecule has 1 aromatic rings. The number of carbonyl (C=O) groups excluding carboxylic acids is 2. The molecule has 1 aromatic carbocycles. The van der Waals surface area contributed by atoms with Gasteiger partial charge in [0.15, 0.2) is 0 Å². The van der Waals surface area contributed by atoms with E-state index in [0.717, 1.165) is 0 Å². The van der Waals surface area contributed by atoms with Crippen molar-refractivity contribution >= 4 is 81.5 Å². The Kier molecular flexibility index (Phi) is 8.59. The van der Waals surface area contributed by atoms with E-state index in [1.807, 2.05) is 0 Å². The maximum absolute atomic E-state index is 12.3. The van der Waals surface area contributed by atoms with Crippen LogP contribution in [0, 0.1) is 0 Å². The highest BCUT2D eigenvalue weighted by Gasteiger charge is 2.34. The first kappa shape index (κ1) is 23.4. The van der Waals surface area contributed by atoms with Gasteiger partial charge in [-0.05, 0) is 70.9 Å². The van der Waals surface area contributed by atoms with Crippen LogP contribution in [0.1, 0.15) is 21.5 Å². The molecule has 0 saturated heterocycles. The Balaban J connectivity index is 3.42. The molecule has 0 saturated carbocycles. The van der Waals surface area contributed by atoms with Gasteiger partial charge in [-0.15, -0.1) is 13.2 Å². The molecule has 0 bridgehead atoms. The predicted molar refractivity (Wildman–Crippen MR) is 106 cm³/mol. The number of alkyl halides is 6. The van der Waals surface area contributed by atoms with Crippen LogP contribution in [0.5, 0.6) is 5.75 Å². The fourth-order valence-electron chi connectivity index (χ4n) is 1.91. The second kappa shape index (κ2) is 9.54. The van der Waals surface area contributed by atoms with E-state index < -0.39 is 19.7 Å². The third-order valence-electron chi connectivity index (χ3n) is 2.88. The van der Waals surface area contributed by atoms with Crippen LogP contribution in [-0.4, -0.2) is 19.7 Å². The van der Waals surface area contributed by atoms with Gasteiger partial charge >= 0.3 is 15.9 Å². The van der Waals surface area contributed by atoms with Crippen molar-refractivity contribution in [2.75, 3.05) is 0 Å². The molecule has 1 rings (SSSR count). The third-order valence-corrected chi connectivity index (χ3v) is 3.57. The Morgan fingerprint density at radius 1 is 0.962 bits per heavy atom. The first-order valence-electron chi connectivity index (χ1n) is 6.85. The normalized spacial score (nSPS) is 11.6. The van der Waals surface area contributed by atoms with Gasteiger partial charge in [-0.25, -0.2) is 9.59 Å². The zero-order valence-corrected chi connectivity index (χ0v) is 17.6. The Morgan fingerprint density at radius 3 is 1.96 bits per heavy atom. The molecule has 0 fully saturated rings. The molecular weight excluding hydrogens is 469 g/mol. The van der Waals surface area contributed by atoms with Crippen LogP contribution in [0.4, 0.5) is 0 Å². The SMILES string of the molecule is C=CCc1cc(C(=O)OC(Cl)(Cl)Cl)c(CC=C)cc1OC(=O)C(Cl)(Cl)Cl. The van der Waals surface area contributed by atoms with Crippen molar-refractivity contribution in [1.82, 2.24) is 0 Å². The molecule has 0 spiro atoms. The quantitative estimate of drug-likeness (QED) is 0.220. The van der Waals surface area contributed by atoms with Crippen LogP contribution < -0.4 is 4.74 Å². The molecule has 0 aliphatic heterocycles. The molecule has 142 valence electrons. The summed E-state index contributed by atoms with van der Waals surface area (Å²) in [5.74, 6) is -1.90. The lowest BCUT2D eigenvalue weighted by Gasteiger charge is -2.18. The van der Waals surface area contributed by atoms with Crippen molar-refractivity contribution in [3.05, 3.63) is 54.1 Å². The Bertz CT molecular complexity index is 719. The van der Waals surface area contributed by atoms with Crippen molar-refractivity contribution in [2.45, 2.75) is 20.6 Å². The summed E-state index contributed by atoms with van der Waals surface area (Å²) < 4.78 is 5.38. The smallest absolute Gasteiger partial charge is 0.363 e. The molecule has 0 heterocycles. The number of carbonyl (C=O) groups is 2. The molecular formula is C16H12Cl6O4. The topological polar surface area (TPSA) is 52.6 Å². The number of benzene rings is 1. The van der Waals surface area contributed by atoms with E-state index >= 15 is 0 Å². The van der Waals surface area contributed by atoms with Gasteiger partial charge in [0.1, 0.15) is 5.75 Å². The van der Waals surface area contributed by atoms with Crippen molar-refractivity contribution < 1.29 is 19.1 Å². The second-order valence-corrected chi connectivity index (χ2v) is 9.28. The largest absolute Gasteiger partial charge is 0.423 e. The standard InChI is InChI=1S/C16H12Cl6O4/c1-3-5-9-8-12(25-14(24)15(17,18)19)10(6-4-2)7-11(9)13(23)26-16(20,21)22/h3-4,7-8H,1-2,5-6H2. The molecule has 0 radical (unpaired) electrons. The third kappa shape index (κ3) is 7.18. The lowest BCUT2D eigenvalue weighted by Crippen LogP contribution is -2.25. The summed E-state index contributed by atoms with van der Waals surface area (Å²) in [6, 6.07) is 2.84. The van der Waals surface area contributed by atoms with E-state index in [1.54, 1.807) is 0 Å². The number of halogens is 6. The van der Waals surface area contributed by atoms with E-state index in [4.69, 9.17) is 79.1 Å². The Labute approximate surface area is 180 Å². The second-order valence-electron chi connectivity index (χ2n) is 4.83. The Hall–Kier alpha value is -0.620. The molecule has 0 aromatic heterocycles. The highest BCUT2D eigenvalue weighted by molar-refractivity contribution is 6.75. The van der Waals surface area contributed by atoms with Gasteiger partial charge in [0, 0.05) is 0 Å². The first-order chi connectivity index (χ1) is 11.9. The number of hydrogen-bond donors (Lipinski definition) is 0. The van der Waals surface area contributed by atoms with Crippen molar-refractivity contribution in [3.63, 3.8) is 0 Å². The van der Waals surface area contributed by atoms with E-state index in [2.05, 4.69) is 13.2 Å². The molecule has 10 heteroatoms. The monoisotopic (exact) mass is 478 g/mol. The fourth-order valence-corrected chi connectivity index (χ4v) is 2.23. The number of ether oxygens (including phenoxy) is 2. The average molecular weight is 481 g/mol. The summed E-state index contributed by atoms with van der Waals surface area (Å²) in [6.07, 6.45) is 3.52. The van der Waals surface area contributed by atoms with Gasteiger partial charge in [-0.1, -0.05) is 47.0 Å². The first-order valence-corrected chi connectivity index (χ1v) is 9.12. The average Bonchev–Trinajstić information content (AvgIpc) is 2.47. The van der Waals surface area contributed by atoms with Crippen LogP contribution in [0.3, 0.4) is 0 Å². The van der Waals surface area contributed by atoms with Crippen LogP contribution in [0.25, 0.3) is 0 Å². The lowest BCUT2D eigenvalue weighted by atomic mass is 9.98. The summed E-state index contributed by atoms with van der Waals surface area (Å²) >= 11 is 33.1. The number of allylic oxidation sites excluding steroid dienone is 2. The van der Waals surface area contributed by atoms with E-state index in [0.29, 0.717) is 11.1 Å². The van der Waals surface area contributed by atoms with Crippen LogP contribution in [0.2, 0.25) is 0 Å². The molecule has 0 atom stereocenters. The predicted octanol–water partition coefficient (Wildman–Crippen LogP) is 5.90. The summed E-state index contributed by atoms with van der Waals surface area (Å²) in [5.41, 5.74) is 0.910. The van der Waals surface area contributed by atoms with Gasteiger partial charge in [0.05, 0.1) is 5.56 Å². The van der Waals surface area contributed by atoms with Gasteiger partial charge in [0.25, 0.3) is 3.79 Å². The fraction of sp³-hybridized carbons (Fsp3) is 0.250. The van der Waals surface area contributed by atoms with Crippen molar-refractivity contribution in [1.29, 1.82) is 0 Å². The van der Waals surface area contributed by atoms with E-state index in [-0.39, 0.29) is 24.2 Å². The minimum atomic E-state index is -2.27. The molecule has 0 N–H and O–H groups in total. The van der Waals surface area contributed by atoms with Gasteiger partial charge in [0.2, 0.25) is 0 Å². The van der Waals surface area contributed by atoms with Crippen LogP contribution in [-0.2, 0) is 22.4 Å². The van der Waals surface area contributed by atoms with E-state index in [1.165, 1.54) is 24.3 Å². The molecule has 26 heavy (non-hydrogen) atoms. The van der Waals surface area contributed by atoms with Gasteiger partial charge in [-0.2, -0.15) is 0 Å². The molecule has 0 aliphatic carbocycles. The summed E-state index contributed by atoms with van der Waals surface area (Å²) in [7, 11) is 0. The number of hydrogen-bond acceptors (Lipinski definition) is 4. The summed E-state index contributed by atoms with van der Waals surface area (Å²) in [6.45, 7) is 7.21. The molecule has 0 aliphatic rings. The molecule has 0 unspecified atom stereocenters. The van der Waals surface area contributed by atoms with Gasteiger partial charge < -0.3 is 9.47 Å². The zero-order valence-electron chi connectivity index (χ0n) is 13.0. The number of rotatable bonds is 6. The number of esters is 2. The van der Waals surface area contributed by atoms with E-state index in [9.17, 15) is 9.59 Å². The highest BCUT2D eigenvalue weighted by atomic mass is 35.6. The van der Waals surface area contributed by atoms with Crippen LogP contribution >= 0.6 is 69.6 Å². The Morgan fingerprint density at radius 2 is 1.50 bits per heavy atom. The molecule has 4 nitrogen and oxygen atoms in total. The van der Waals surface area contributed by atoms with Gasteiger partial charge in [-0.3, -0.25) is 0 Å². The van der Waals surface area contributed by atoms with Crippen LogP contribution in [0.15, 0.2) is 37.4 Å². The minimum absolute atomic E-state index is 0.0866. The summed E-state index contributed by atoms with van der Waals surface area (Å²) in [5, 5.41) is 0. The maximum atomic E-state index is 12.3. The summed E-state index contributed by atoms with van der Waals surface area (Å²) in [4.78, 5) is 24.2. The zero-order chi connectivity index (χ0) is 20.1. The van der Waals surface area contributed by atoms with Crippen molar-refractivity contribution in [3.8, 4) is 5.75 Å². The minimum Gasteiger partial charge on any atom is -0.423 e. The maximum Gasteiger partial charge on any atom is 0.363 e. The van der Waals surface area contributed by atoms with Crippen molar-refractivity contribution in [2.24, 2.45) is 0 Å². The highest BCUT2D eigenvalue weighted by Crippen LogP contribution is 2.33. The molecule has 0 amide bonds. The lowest BCUT2D eigenvalue weighted by molar-refractivity contribution is -0.133.